The number of rotatable bonds is 2. The minimum atomic E-state index is -0.637. The number of benzene rings is 1. The zero-order chi connectivity index (χ0) is 17.7. The van der Waals surface area contributed by atoms with Gasteiger partial charge in [-0.2, -0.15) is 0 Å². The molecule has 1 spiro atoms. The third-order valence-corrected chi connectivity index (χ3v) is 5.98. The minimum absolute atomic E-state index is 0. The molecule has 4 heterocycles. The van der Waals surface area contributed by atoms with Crippen molar-refractivity contribution in [3.8, 4) is 0 Å². The monoisotopic (exact) mass is 394 g/mol. The Bertz CT molecular complexity index is 754. The summed E-state index contributed by atoms with van der Waals surface area (Å²) < 4.78 is 0. The van der Waals surface area contributed by atoms with Crippen molar-refractivity contribution >= 4 is 29.9 Å². The van der Waals surface area contributed by atoms with Gasteiger partial charge >= 0.3 is 0 Å². The molecule has 146 valence electrons. The lowest BCUT2D eigenvalue weighted by molar-refractivity contribution is -0.259. The van der Waals surface area contributed by atoms with E-state index in [2.05, 4.69) is 15.9 Å². The molecule has 0 radical (unpaired) electrons. The van der Waals surface area contributed by atoms with Gasteiger partial charge in [0.1, 0.15) is 0 Å². The van der Waals surface area contributed by atoms with Crippen molar-refractivity contribution in [2.24, 2.45) is 5.41 Å². The maximum atomic E-state index is 12.8. The van der Waals surface area contributed by atoms with E-state index in [1.165, 1.54) is 17.7 Å². The molecule has 3 fully saturated rings. The maximum Gasteiger partial charge on any atom is 0.263 e. The highest BCUT2D eigenvalue weighted by atomic mass is 35.5. The Labute approximate surface area is 163 Å². The molecule has 1 aromatic carbocycles. The number of amides is 2. The molecule has 2 amide bonds. The number of carbonyl (C=O) groups is 2. The van der Waals surface area contributed by atoms with Gasteiger partial charge in [-0.1, -0.05) is 5.64 Å². The Morgan fingerprint density at radius 1 is 1.07 bits per heavy atom. The smallest absolute Gasteiger partial charge is 0.263 e. The van der Waals surface area contributed by atoms with E-state index in [1.54, 1.807) is 6.07 Å². The second kappa shape index (κ2) is 7.03. The molecular formula is C18H23ClN4O4. The first-order chi connectivity index (χ1) is 12.7. The van der Waals surface area contributed by atoms with Crippen molar-refractivity contribution in [1.29, 1.82) is 0 Å². The molecule has 0 saturated carbocycles. The van der Waals surface area contributed by atoms with Gasteiger partial charge in [0.15, 0.2) is 6.23 Å². The van der Waals surface area contributed by atoms with Crippen molar-refractivity contribution in [2.45, 2.75) is 25.5 Å². The number of piperidine rings is 1. The van der Waals surface area contributed by atoms with Crippen LogP contribution in [-0.2, 0) is 9.68 Å². The van der Waals surface area contributed by atoms with Gasteiger partial charge in [0.2, 0.25) is 0 Å². The van der Waals surface area contributed by atoms with E-state index in [0.717, 1.165) is 31.9 Å². The number of anilines is 1. The summed E-state index contributed by atoms with van der Waals surface area (Å²) in [5.74, 6) is -0.596. The number of imide groups is 1. The Balaban J connectivity index is 0.00000180. The number of carbonyl (C=O) groups excluding carboxylic acids is 2. The standard InChI is InChI=1S/C18H22N4O4.ClH/c23-16-13-2-1-12(21-10-18(11-21)4-6-19-7-5-18)9-14(13)17(24)22(16)15-3-8-25-20-26-15;/h1-2,9,15,19-20H,3-8,10-11H2;1H. The highest BCUT2D eigenvalue weighted by molar-refractivity contribution is 6.21. The number of halogens is 1. The lowest BCUT2D eigenvalue weighted by Crippen LogP contribution is -2.60. The van der Waals surface area contributed by atoms with Crippen molar-refractivity contribution in [1.82, 2.24) is 15.9 Å². The fourth-order valence-corrected chi connectivity index (χ4v) is 4.46. The Morgan fingerprint density at radius 3 is 2.52 bits per heavy atom. The zero-order valence-corrected chi connectivity index (χ0v) is 15.7. The van der Waals surface area contributed by atoms with Gasteiger partial charge < -0.3 is 10.2 Å². The normalized spacial score (nSPS) is 26.6. The van der Waals surface area contributed by atoms with Gasteiger partial charge in [0, 0.05) is 30.6 Å². The van der Waals surface area contributed by atoms with E-state index in [0.29, 0.717) is 29.6 Å². The Kier molecular flexibility index (Phi) is 4.85. The van der Waals surface area contributed by atoms with Crippen LogP contribution in [0, 0.1) is 5.41 Å². The van der Waals surface area contributed by atoms with Crippen LogP contribution < -0.4 is 15.9 Å². The van der Waals surface area contributed by atoms with Gasteiger partial charge in [0.25, 0.3) is 11.8 Å². The van der Waals surface area contributed by atoms with Crippen molar-refractivity contribution in [3.63, 3.8) is 0 Å². The highest BCUT2D eigenvalue weighted by Gasteiger charge is 2.45. The summed E-state index contributed by atoms with van der Waals surface area (Å²) in [4.78, 5) is 39.1. The number of hydrogen-bond acceptors (Lipinski definition) is 7. The SMILES string of the molecule is Cl.O=C1c2ccc(N3CC4(CCNCC4)C3)cc2C(=O)N1C1CCONO1. The molecule has 0 aromatic heterocycles. The van der Waals surface area contributed by atoms with Gasteiger partial charge in [-0.05, 0) is 44.1 Å². The van der Waals surface area contributed by atoms with Crippen molar-refractivity contribution in [2.75, 3.05) is 37.7 Å². The first kappa shape index (κ1) is 18.6. The van der Waals surface area contributed by atoms with Crippen LogP contribution >= 0.6 is 12.4 Å². The second-order valence-corrected chi connectivity index (χ2v) is 7.61. The van der Waals surface area contributed by atoms with Crippen LogP contribution in [0.2, 0.25) is 0 Å². The molecule has 4 aliphatic rings. The van der Waals surface area contributed by atoms with E-state index in [9.17, 15) is 9.59 Å². The summed E-state index contributed by atoms with van der Waals surface area (Å²) in [6, 6.07) is 5.58. The van der Waals surface area contributed by atoms with Crippen LogP contribution in [0.4, 0.5) is 5.69 Å². The molecule has 27 heavy (non-hydrogen) atoms. The average Bonchev–Trinajstić information content (AvgIpc) is 2.91. The summed E-state index contributed by atoms with van der Waals surface area (Å²) in [6.07, 6.45) is 2.22. The van der Waals surface area contributed by atoms with Crippen LogP contribution in [-0.4, -0.2) is 55.7 Å². The van der Waals surface area contributed by atoms with Gasteiger partial charge in [-0.3, -0.25) is 19.3 Å². The fraction of sp³-hybridized carbons (Fsp3) is 0.556. The average molecular weight is 395 g/mol. The van der Waals surface area contributed by atoms with Gasteiger partial charge in [0.05, 0.1) is 17.7 Å². The molecule has 4 aliphatic heterocycles. The Hall–Kier alpha value is -1.71. The quantitative estimate of drug-likeness (QED) is 0.726. The van der Waals surface area contributed by atoms with Crippen LogP contribution in [0.1, 0.15) is 40.0 Å². The Morgan fingerprint density at radius 2 is 1.81 bits per heavy atom. The summed E-state index contributed by atoms with van der Waals surface area (Å²) in [7, 11) is 0. The number of fused-ring (bicyclic) bond motifs is 1. The van der Waals surface area contributed by atoms with Crippen LogP contribution in [0.15, 0.2) is 18.2 Å². The van der Waals surface area contributed by atoms with Crippen molar-refractivity contribution < 1.29 is 19.3 Å². The third kappa shape index (κ3) is 3.01. The number of nitrogens with one attached hydrogen (secondary N) is 2. The molecule has 8 nitrogen and oxygen atoms in total. The van der Waals surface area contributed by atoms with Crippen LogP contribution in [0.3, 0.4) is 0 Å². The minimum Gasteiger partial charge on any atom is -0.370 e. The van der Waals surface area contributed by atoms with Crippen LogP contribution in [0.25, 0.3) is 0 Å². The highest BCUT2D eigenvalue weighted by Crippen LogP contribution is 2.42. The van der Waals surface area contributed by atoms with E-state index >= 15 is 0 Å². The number of hydrogen-bond donors (Lipinski definition) is 2. The van der Waals surface area contributed by atoms with E-state index < -0.39 is 6.23 Å². The summed E-state index contributed by atoms with van der Waals surface area (Å²) in [5.41, 5.74) is 4.65. The fourth-order valence-electron chi connectivity index (χ4n) is 4.46. The predicted octanol–water partition coefficient (Wildman–Crippen LogP) is 1.08. The molecule has 0 bridgehead atoms. The van der Waals surface area contributed by atoms with Gasteiger partial charge in [-0.15, -0.1) is 12.4 Å². The molecule has 5 rings (SSSR count). The zero-order valence-electron chi connectivity index (χ0n) is 14.9. The van der Waals surface area contributed by atoms with Crippen molar-refractivity contribution in [3.05, 3.63) is 29.3 Å². The molecule has 0 aliphatic carbocycles. The predicted molar refractivity (Wildman–Crippen MR) is 99.5 cm³/mol. The topological polar surface area (TPSA) is 83.1 Å². The second-order valence-electron chi connectivity index (χ2n) is 7.61. The lowest BCUT2D eigenvalue weighted by Gasteiger charge is -2.53. The molecule has 2 N–H and O–H groups in total. The molecule has 1 aromatic rings. The van der Waals surface area contributed by atoms with E-state index in [-0.39, 0.29) is 24.2 Å². The molecular weight excluding hydrogens is 372 g/mol. The third-order valence-electron chi connectivity index (χ3n) is 5.98. The summed E-state index contributed by atoms with van der Waals surface area (Å²) in [6.45, 7) is 4.59. The van der Waals surface area contributed by atoms with E-state index in [1.807, 2.05) is 12.1 Å². The molecule has 1 unspecified atom stereocenters. The maximum absolute atomic E-state index is 12.8. The first-order valence-electron chi connectivity index (χ1n) is 9.17. The number of nitrogens with zero attached hydrogens (tertiary/aromatic N) is 2. The van der Waals surface area contributed by atoms with Crippen LogP contribution in [0.5, 0.6) is 0 Å². The molecule has 3 saturated heterocycles. The summed E-state index contributed by atoms with van der Waals surface area (Å²) >= 11 is 0. The molecule has 9 heteroatoms. The molecule has 1 atom stereocenters. The van der Waals surface area contributed by atoms with E-state index in [4.69, 9.17) is 9.68 Å². The summed E-state index contributed by atoms with van der Waals surface area (Å²) in [5, 5.41) is 3.41. The first-order valence-corrected chi connectivity index (χ1v) is 9.17. The van der Waals surface area contributed by atoms with Gasteiger partial charge in [-0.25, -0.2) is 4.90 Å². The lowest BCUT2D eigenvalue weighted by atomic mass is 9.72. The largest absolute Gasteiger partial charge is 0.370 e.